The van der Waals surface area contributed by atoms with Crippen molar-refractivity contribution in [1.82, 2.24) is 10.2 Å². The molecule has 1 aliphatic heterocycles. The molecule has 15 heavy (non-hydrogen) atoms. The fourth-order valence-electron chi connectivity index (χ4n) is 2.32. The Kier molecular flexibility index (Phi) is 3.66. The lowest BCUT2D eigenvalue weighted by molar-refractivity contribution is 0.216. The van der Waals surface area contributed by atoms with Gasteiger partial charge >= 0.3 is 0 Å². The molecule has 2 rings (SSSR count). The average molecular weight is 206 g/mol. The Morgan fingerprint density at radius 3 is 2.73 bits per heavy atom. The van der Waals surface area contributed by atoms with Crippen molar-refractivity contribution in [2.24, 2.45) is 5.92 Å². The minimum absolute atomic E-state index is 0.299. The van der Waals surface area contributed by atoms with Gasteiger partial charge in [0.25, 0.3) is 0 Å². The van der Waals surface area contributed by atoms with Crippen LogP contribution < -0.4 is 5.32 Å². The fraction of sp³-hybridized carbons (Fsp3) is 0.846. The van der Waals surface area contributed by atoms with E-state index in [9.17, 15) is 0 Å². The van der Waals surface area contributed by atoms with Gasteiger partial charge < -0.3 is 5.32 Å². The SMILES string of the molecule is C#CC(C)N(CC1CC1)CC1CCCN1. The summed E-state index contributed by atoms with van der Waals surface area (Å²) in [6.45, 7) is 5.69. The summed E-state index contributed by atoms with van der Waals surface area (Å²) in [5.41, 5.74) is 0. The zero-order chi connectivity index (χ0) is 10.7. The lowest BCUT2D eigenvalue weighted by atomic mass is 10.1. The summed E-state index contributed by atoms with van der Waals surface area (Å²) in [6.07, 6.45) is 11.0. The molecule has 2 fully saturated rings. The Labute approximate surface area is 93.4 Å². The minimum Gasteiger partial charge on any atom is -0.313 e. The topological polar surface area (TPSA) is 15.3 Å². The fourth-order valence-corrected chi connectivity index (χ4v) is 2.32. The third-order valence-electron chi connectivity index (χ3n) is 3.60. The summed E-state index contributed by atoms with van der Waals surface area (Å²) in [5, 5.41) is 3.55. The van der Waals surface area contributed by atoms with Crippen molar-refractivity contribution in [1.29, 1.82) is 0 Å². The predicted molar refractivity (Wildman–Crippen MR) is 63.6 cm³/mol. The highest BCUT2D eigenvalue weighted by Crippen LogP contribution is 2.30. The van der Waals surface area contributed by atoms with Crippen LogP contribution in [-0.2, 0) is 0 Å². The number of nitrogens with one attached hydrogen (secondary N) is 1. The van der Waals surface area contributed by atoms with Crippen molar-refractivity contribution in [3.05, 3.63) is 0 Å². The first kappa shape index (κ1) is 11.0. The van der Waals surface area contributed by atoms with Crippen molar-refractivity contribution >= 4 is 0 Å². The maximum Gasteiger partial charge on any atom is 0.0683 e. The summed E-state index contributed by atoms with van der Waals surface area (Å²) in [7, 11) is 0. The van der Waals surface area contributed by atoms with Gasteiger partial charge in [0.1, 0.15) is 0 Å². The standard InChI is InChI=1S/C13H22N2/c1-3-11(2)15(9-12-6-7-12)10-13-5-4-8-14-13/h1,11-14H,4-10H2,2H3. The monoisotopic (exact) mass is 206 g/mol. The molecule has 0 radical (unpaired) electrons. The molecule has 0 aromatic carbocycles. The van der Waals surface area contributed by atoms with Crippen LogP contribution >= 0.6 is 0 Å². The van der Waals surface area contributed by atoms with Crippen LogP contribution in [0.5, 0.6) is 0 Å². The van der Waals surface area contributed by atoms with Gasteiger partial charge in [-0.3, -0.25) is 4.90 Å². The van der Waals surface area contributed by atoms with E-state index in [1.807, 2.05) is 0 Å². The lowest BCUT2D eigenvalue weighted by Gasteiger charge is -2.28. The molecule has 0 amide bonds. The molecule has 1 N–H and O–H groups in total. The molecule has 1 heterocycles. The third kappa shape index (κ3) is 3.22. The minimum atomic E-state index is 0.299. The Hall–Kier alpha value is -0.520. The molecular formula is C13H22N2. The van der Waals surface area contributed by atoms with Gasteiger partial charge in [-0.15, -0.1) is 6.42 Å². The summed E-state index contributed by atoms with van der Waals surface area (Å²) < 4.78 is 0. The number of hydrogen-bond donors (Lipinski definition) is 1. The van der Waals surface area contributed by atoms with Gasteiger partial charge in [0.2, 0.25) is 0 Å². The highest BCUT2D eigenvalue weighted by molar-refractivity contribution is 4.99. The van der Waals surface area contributed by atoms with E-state index in [1.54, 1.807) is 0 Å². The van der Waals surface area contributed by atoms with E-state index in [1.165, 1.54) is 38.8 Å². The van der Waals surface area contributed by atoms with Crippen LogP contribution in [0.4, 0.5) is 0 Å². The van der Waals surface area contributed by atoms with Crippen LogP contribution in [0.1, 0.15) is 32.6 Å². The van der Waals surface area contributed by atoms with Crippen LogP contribution in [0.3, 0.4) is 0 Å². The first-order chi connectivity index (χ1) is 7.29. The van der Waals surface area contributed by atoms with E-state index in [2.05, 4.69) is 23.1 Å². The van der Waals surface area contributed by atoms with Gasteiger partial charge in [0.15, 0.2) is 0 Å². The van der Waals surface area contributed by atoms with Gasteiger partial charge in [-0.05, 0) is 45.1 Å². The van der Waals surface area contributed by atoms with Crippen LogP contribution in [0.15, 0.2) is 0 Å². The highest BCUT2D eigenvalue weighted by Gasteiger charge is 2.28. The lowest BCUT2D eigenvalue weighted by Crippen LogP contribution is -2.42. The quantitative estimate of drug-likeness (QED) is 0.685. The predicted octanol–water partition coefficient (Wildman–Crippen LogP) is 1.47. The normalized spacial score (nSPS) is 27.9. The summed E-state index contributed by atoms with van der Waals surface area (Å²) in [4.78, 5) is 2.49. The molecule has 0 spiro atoms. The molecule has 1 aliphatic carbocycles. The van der Waals surface area contributed by atoms with Crippen LogP contribution in [0, 0.1) is 18.3 Å². The molecule has 0 aromatic heterocycles. The largest absolute Gasteiger partial charge is 0.313 e. The van der Waals surface area contributed by atoms with E-state index in [-0.39, 0.29) is 0 Å². The Balaban J connectivity index is 1.82. The molecule has 1 saturated heterocycles. The van der Waals surface area contributed by atoms with Crippen molar-refractivity contribution in [2.75, 3.05) is 19.6 Å². The number of hydrogen-bond acceptors (Lipinski definition) is 2. The number of rotatable bonds is 5. The second-order valence-electron chi connectivity index (χ2n) is 5.03. The Bertz CT molecular complexity index is 233. The van der Waals surface area contributed by atoms with E-state index in [0.29, 0.717) is 12.1 Å². The number of terminal acetylenes is 1. The van der Waals surface area contributed by atoms with Crippen LogP contribution in [0.25, 0.3) is 0 Å². The Morgan fingerprint density at radius 2 is 2.20 bits per heavy atom. The molecule has 0 aromatic rings. The second-order valence-corrected chi connectivity index (χ2v) is 5.03. The van der Waals surface area contributed by atoms with Gasteiger partial charge in [-0.2, -0.15) is 0 Å². The van der Waals surface area contributed by atoms with E-state index >= 15 is 0 Å². The summed E-state index contributed by atoms with van der Waals surface area (Å²) in [5.74, 6) is 3.80. The zero-order valence-electron chi connectivity index (χ0n) is 9.71. The van der Waals surface area contributed by atoms with Crippen molar-refractivity contribution < 1.29 is 0 Å². The maximum atomic E-state index is 5.53. The molecular weight excluding hydrogens is 184 g/mol. The van der Waals surface area contributed by atoms with E-state index in [4.69, 9.17) is 6.42 Å². The van der Waals surface area contributed by atoms with Gasteiger partial charge in [-0.1, -0.05) is 5.92 Å². The smallest absolute Gasteiger partial charge is 0.0683 e. The van der Waals surface area contributed by atoms with E-state index < -0.39 is 0 Å². The molecule has 1 saturated carbocycles. The van der Waals surface area contributed by atoms with Crippen molar-refractivity contribution in [3.8, 4) is 12.3 Å². The van der Waals surface area contributed by atoms with E-state index in [0.717, 1.165) is 12.5 Å². The zero-order valence-corrected chi connectivity index (χ0v) is 9.71. The molecule has 2 atom stereocenters. The first-order valence-corrected chi connectivity index (χ1v) is 6.23. The highest BCUT2D eigenvalue weighted by atomic mass is 15.2. The summed E-state index contributed by atoms with van der Waals surface area (Å²) in [6, 6.07) is 0.979. The van der Waals surface area contributed by atoms with Gasteiger partial charge in [0.05, 0.1) is 6.04 Å². The molecule has 0 bridgehead atoms. The second kappa shape index (κ2) is 5.01. The Morgan fingerprint density at radius 1 is 1.40 bits per heavy atom. The summed E-state index contributed by atoms with van der Waals surface area (Å²) >= 11 is 0. The van der Waals surface area contributed by atoms with Crippen molar-refractivity contribution in [2.45, 2.75) is 44.7 Å². The molecule has 2 heteroatoms. The molecule has 2 unspecified atom stereocenters. The molecule has 84 valence electrons. The average Bonchev–Trinajstić information content (AvgIpc) is 2.91. The van der Waals surface area contributed by atoms with Gasteiger partial charge in [-0.25, -0.2) is 0 Å². The van der Waals surface area contributed by atoms with Crippen molar-refractivity contribution in [3.63, 3.8) is 0 Å². The van der Waals surface area contributed by atoms with Gasteiger partial charge in [0, 0.05) is 19.1 Å². The maximum absolute atomic E-state index is 5.53. The number of nitrogens with zero attached hydrogens (tertiary/aromatic N) is 1. The van der Waals surface area contributed by atoms with Crippen LogP contribution in [-0.4, -0.2) is 36.6 Å². The van der Waals surface area contributed by atoms with Crippen LogP contribution in [0.2, 0.25) is 0 Å². The first-order valence-electron chi connectivity index (χ1n) is 6.23. The molecule has 2 nitrogen and oxygen atoms in total. The molecule has 2 aliphatic rings. The third-order valence-corrected chi connectivity index (χ3v) is 3.60.